The monoisotopic (exact) mass is 353 g/mol. The molecule has 1 aromatic heterocycles. The standard InChI is InChI=1S/C12H8BrN3O3S/c1-2-18-11(17)10-15-16-12(19-10)20-9-5-8(13)4-3-7(9)6-14/h3-5H,2H2,1H3. The van der Waals surface area contributed by atoms with Crippen LogP contribution in [-0.2, 0) is 4.74 Å². The molecule has 0 saturated heterocycles. The number of hydrogen-bond acceptors (Lipinski definition) is 7. The van der Waals surface area contributed by atoms with Crippen molar-refractivity contribution < 1.29 is 13.9 Å². The highest BCUT2D eigenvalue weighted by Crippen LogP contribution is 2.31. The number of nitriles is 1. The van der Waals surface area contributed by atoms with Crippen molar-refractivity contribution in [2.75, 3.05) is 6.61 Å². The van der Waals surface area contributed by atoms with Gasteiger partial charge in [-0.15, -0.1) is 5.10 Å². The van der Waals surface area contributed by atoms with Crippen molar-refractivity contribution >= 4 is 33.7 Å². The molecule has 0 saturated carbocycles. The van der Waals surface area contributed by atoms with Crippen LogP contribution in [-0.4, -0.2) is 22.8 Å². The Kier molecular flexibility index (Phi) is 4.76. The van der Waals surface area contributed by atoms with Crippen molar-refractivity contribution in [2.45, 2.75) is 17.0 Å². The van der Waals surface area contributed by atoms with Gasteiger partial charge in [-0.05, 0) is 36.9 Å². The van der Waals surface area contributed by atoms with Gasteiger partial charge in [0.1, 0.15) is 6.07 Å². The number of ether oxygens (including phenoxy) is 1. The first kappa shape index (κ1) is 14.6. The average Bonchev–Trinajstić information content (AvgIpc) is 2.88. The first-order chi connectivity index (χ1) is 9.63. The molecule has 2 aromatic rings. The van der Waals surface area contributed by atoms with Crippen LogP contribution in [0.1, 0.15) is 23.2 Å². The molecule has 0 N–H and O–H groups in total. The van der Waals surface area contributed by atoms with Gasteiger partial charge in [-0.3, -0.25) is 0 Å². The Morgan fingerprint density at radius 3 is 3.05 bits per heavy atom. The van der Waals surface area contributed by atoms with Gasteiger partial charge < -0.3 is 9.15 Å². The summed E-state index contributed by atoms with van der Waals surface area (Å²) in [5.74, 6) is -0.871. The molecule has 1 heterocycles. The molecule has 1 aromatic carbocycles. The molecule has 0 atom stereocenters. The summed E-state index contributed by atoms with van der Waals surface area (Å²) < 4.78 is 10.8. The summed E-state index contributed by atoms with van der Waals surface area (Å²) in [6.07, 6.45) is 0. The first-order valence-electron chi connectivity index (χ1n) is 5.52. The van der Waals surface area contributed by atoms with Crippen LogP contribution in [0.3, 0.4) is 0 Å². The average molecular weight is 354 g/mol. The third kappa shape index (κ3) is 3.37. The van der Waals surface area contributed by atoms with Crippen molar-refractivity contribution in [3.8, 4) is 6.07 Å². The number of benzene rings is 1. The maximum atomic E-state index is 11.4. The Hall–Kier alpha value is -1.85. The van der Waals surface area contributed by atoms with Gasteiger partial charge in [0.05, 0.1) is 12.2 Å². The normalized spacial score (nSPS) is 10.1. The van der Waals surface area contributed by atoms with Gasteiger partial charge in [-0.1, -0.05) is 21.0 Å². The van der Waals surface area contributed by atoms with E-state index >= 15 is 0 Å². The molecule has 0 unspecified atom stereocenters. The van der Waals surface area contributed by atoms with Gasteiger partial charge in [0.25, 0.3) is 5.22 Å². The summed E-state index contributed by atoms with van der Waals surface area (Å²) in [6.45, 7) is 1.92. The summed E-state index contributed by atoms with van der Waals surface area (Å²) >= 11 is 4.43. The Labute approximate surface area is 127 Å². The SMILES string of the molecule is CCOC(=O)c1nnc(Sc2cc(Br)ccc2C#N)o1. The smallest absolute Gasteiger partial charge is 0.396 e. The molecule has 0 radical (unpaired) electrons. The van der Waals surface area contributed by atoms with E-state index in [4.69, 9.17) is 14.4 Å². The van der Waals surface area contributed by atoms with E-state index in [2.05, 4.69) is 32.2 Å². The number of hydrogen-bond donors (Lipinski definition) is 0. The van der Waals surface area contributed by atoms with Gasteiger partial charge in [0.2, 0.25) is 0 Å². The molecule has 0 aliphatic carbocycles. The Morgan fingerprint density at radius 1 is 1.55 bits per heavy atom. The highest BCUT2D eigenvalue weighted by molar-refractivity contribution is 9.10. The van der Waals surface area contributed by atoms with Gasteiger partial charge in [0, 0.05) is 9.37 Å². The van der Waals surface area contributed by atoms with Crippen LogP contribution in [0.5, 0.6) is 0 Å². The van der Waals surface area contributed by atoms with E-state index < -0.39 is 5.97 Å². The molecule has 0 fully saturated rings. The molecule has 0 spiro atoms. The fourth-order valence-corrected chi connectivity index (χ4v) is 2.61. The summed E-state index contributed by atoms with van der Waals surface area (Å²) in [7, 11) is 0. The van der Waals surface area contributed by atoms with Gasteiger partial charge in [0.15, 0.2) is 0 Å². The van der Waals surface area contributed by atoms with Gasteiger partial charge >= 0.3 is 11.9 Å². The van der Waals surface area contributed by atoms with E-state index in [0.717, 1.165) is 16.2 Å². The number of aromatic nitrogens is 2. The largest absolute Gasteiger partial charge is 0.459 e. The van der Waals surface area contributed by atoms with Gasteiger partial charge in [-0.2, -0.15) is 5.26 Å². The lowest BCUT2D eigenvalue weighted by Gasteiger charge is -2.00. The van der Waals surface area contributed by atoms with E-state index in [1.165, 1.54) is 0 Å². The lowest BCUT2D eigenvalue weighted by atomic mass is 10.2. The molecule has 0 aliphatic rings. The molecule has 102 valence electrons. The fraction of sp³-hybridized carbons (Fsp3) is 0.167. The number of halogens is 1. The predicted octanol–water partition coefficient (Wildman–Crippen LogP) is 3.03. The third-order valence-corrected chi connectivity index (χ3v) is 3.51. The Balaban J connectivity index is 2.21. The highest BCUT2D eigenvalue weighted by atomic mass is 79.9. The number of carbonyl (C=O) groups excluding carboxylic acids is 1. The molecular weight excluding hydrogens is 346 g/mol. The summed E-state index contributed by atoms with van der Waals surface area (Å²) in [4.78, 5) is 12.1. The summed E-state index contributed by atoms with van der Waals surface area (Å²) in [6, 6.07) is 7.27. The molecule has 0 aliphatic heterocycles. The van der Waals surface area contributed by atoms with Crippen LogP contribution in [0, 0.1) is 11.3 Å². The van der Waals surface area contributed by atoms with Gasteiger partial charge in [-0.25, -0.2) is 4.79 Å². The Morgan fingerprint density at radius 2 is 2.35 bits per heavy atom. The third-order valence-electron chi connectivity index (χ3n) is 2.12. The molecule has 0 amide bonds. The zero-order valence-corrected chi connectivity index (χ0v) is 12.7. The van der Waals surface area contributed by atoms with E-state index in [1.54, 1.807) is 25.1 Å². The maximum Gasteiger partial charge on any atom is 0.396 e. The minimum atomic E-state index is -0.665. The van der Waals surface area contributed by atoms with Crippen LogP contribution < -0.4 is 0 Å². The van der Waals surface area contributed by atoms with E-state index in [0.29, 0.717) is 10.5 Å². The highest BCUT2D eigenvalue weighted by Gasteiger charge is 2.17. The summed E-state index contributed by atoms with van der Waals surface area (Å²) in [5.41, 5.74) is 0.481. The molecule has 20 heavy (non-hydrogen) atoms. The lowest BCUT2D eigenvalue weighted by Crippen LogP contribution is -2.04. The predicted molar refractivity (Wildman–Crippen MR) is 73.2 cm³/mol. The molecular formula is C12H8BrN3O3S. The molecule has 2 rings (SSSR count). The zero-order valence-electron chi connectivity index (χ0n) is 10.3. The minimum Gasteiger partial charge on any atom is -0.459 e. The van der Waals surface area contributed by atoms with Crippen LogP contribution in [0.2, 0.25) is 0 Å². The number of esters is 1. The first-order valence-corrected chi connectivity index (χ1v) is 7.13. The summed E-state index contributed by atoms with van der Waals surface area (Å²) in [5, 5.41) is 16.5. The second-order valence-corrected chi connectivity index (χ2v) is 5.36. The number of nitrogens with zero attached hydrogens (tertiary/aromatic N) is 3. The second-order valence-electron chi connectivity index (χ2n) is 3.45. The van der Waals surface area contributed by atoms with Crippen LogP contribution in [0.25, 0.3) is 0 Å². The van der Waals surface area contributed by atoms with Crippen molar-refractivity contribution in [3.63, 3.8) is 0 Å². The lowest BCUT2D eigenvalue weighted by molar-refractivity contribution is 0.0475. The maximum absolute atomic E-state index is 11.4. The topological polar surface area (TPSA) is 89.0 Å². The minimum absolute atomic E-state index is 0.169. The molecule has 0 bridgehead atoms. The fourth-order valence-electron chi connectivity index (χ4n) is 1.29. The van der Waals surface area contributed by atoms with E-state index in [9.17, 15) is 4.79 Å². The van der Waals surface area contributed by atoms with E-state index in [1.807, 2.05) is 0 Å². The quantitative estimate of drug-likeness (QED) is 0.780. The van der Waals surface area contributed by atoms with Crippen molar-refractivity contribution in [3.05, 3.63) is 34.1 Å². The van der Waals surface area contributed by atoms with Crippen LogP contribution in [0.15, 0.2) is 37.2 Å². The van der Waals surface area contributed by atoms with Crippen LogP contribution in [0.4, 0.5) is 0 Å². The van der Waals surface area contributed by atoms with Crippen molar-refractivity contribution in [1.29, 1.82) is 5.26 Å². The van der Waals surface area contributed by atoms with Crippen molar-refractivity contribution in [1.82, 2.24) is 10.2 Å². The molecule has 8 heteroatoms. The van der Waals surface area contributed by atoms with Crippen molar-refractivity contribution in [2.24, 2.45) is 0 Å². The van der Waals surface area contributed by atoms with Crippen LogP contribution >= 0.6 is 27.7 Å². The van der Waals surface area contributed by atoms with E-state index in [-0.39, 0.29) is 17.7 Å². The second kappa shape index (κ2) is 6.54. The number of carbonyl (C=O) groups is 1. The Bertz CT molecular complexity index is 681. The molecule has 6 nitrogen and oxygen atoms in total. The number of rotatable bonds is 4. The zero-order chi connectivity index (χ0) is 14.5.